The fraction of sp³-hybridized carbons (Fsp3) is 0.867. The first-order valence-corrected chi connectivity index (χ1v) is 7.29. The molecule has 1 saturated heterocycles. The molecular formula is C15H27NO4. The fourth-order valence-electron chi connectivity index (χ4n) is 2.56. The van der Waals surface area contributed by atoms with Crippen LogP contribution in [0.15, 0.2) is 0 Å². The van der Waals surface area contributed by atoms with Crippen molar-refractivity contribution in [3.63, 3.8) is 0 Å². The Balaban J connectivity index is 2.85. The molecule has 116 valence electrons. The van der Waals surface area contributed by atoms with Gasteiger partial charge in [-0.15, -0.1) is 0 Å². The molecule has 20 heavy (non-hydrogen) atoms. The molecule has 5 nitrogen and oxygen atoms in total. The van der Waals surface area contributed by atoms with Gasteiger partial charge in [0.25, 0.3) is 0 Å². The number of amides is 1. The van der Waals surface area contributed by atoms with Crippen LogP contribution >= 0.6 is 0 Å². The Labute approximate surface area is 121 Å². The van der Waals surface area contributed by atoms with Gasteiger partial charge >= 0.3 is 5.97 Å². The van der Waals surface area contributed by atoms with Crippen molar-refractivity contribution in [2.45, 2.75) is 46.6 Å². The van der Waals surface area contributed by atoms with E-state index in [-0.39, 0.29) is 12.0 Å². The lowest BCUT2D eigenvalue weighted by atomic mass is 9.79. The molecule has 0 saturated carbocycles. The van der Waals surface area contributed by atoms with Gasteiger partial charge in [-0.05, 0) is 25.2 Å². The van der Waals surface area contributed by atoms with Gasteiger partial charge in [0.05, 0.1) is 12.7 Å². The Bertz CT molecular complexity index is 348. The van der Waals surface area contributed by atoms with E-state index in [1.54, 1.807) is 18.9 Å². The number of carbonyl (C=O) groups excluding carboxylic acids is 2. The summed E-state index contributed by atoms with van der Waals surface area (Å²) in [6, 6.07) is 0. The van der Waals surface area contributed by atoms with Crippen LogP contribution in [0.2, 0.25) is 0 Å². The molecule has 0 bridgehead atoms. The number of hydrogen-bond acceptors (Lipinski definition) is 4. The molecule has 1 fully saturated rings. The first-order valence-electron chi connectivity index (χ1n) is 7.29. The fourth-order valence-corrected chi connectivity index (χ4v) is 2.56. The highest BCUT2D eigenvalue weighted by Crippen LogP contribution is 2.30. The molecule has 2 unspecified atom stereocenters. The van der Waals surface area contributed by atoms with E-state index in [4.69, 9.17) is 9.47 Å². The molecule has 0 aromatic rings. The number of nitrogens with zero attached hydrogens (tertiary/aromatic N) is 1. The number of carbonyl (C=O) groups is 2. The maximum Gasteiger partial charge on any atom is 0.319 e. The van der Waals surface area contributed by atoms with E-state index in [0.717, 1.165) is 12.8 Å². The Kier molecular flexibility index (Phi) is 5.99. The lowest BCUT2D eigenvalue weighted by Gasteiger charge is -2.37. The van der Waals surface area contributed by atoms with E-state index >= 15 is 0 Å². The number of likely N-dealkylation sites (tertiary alicyclic amines) is 1. The van der Waals surface area contributed by atoms with Gasteiger partial charge in [-0.1, -0.05) is 20.8 Å². The van der Waals surface area contributed by atoms with Gasteiger partial charge in [-0.2, -0.15) is 0 Å². The zero-order valence-electron chi connectivity index (χ0n) is 13.3. The molecule has 0 N–H and O–H groups in total. The highest BCUT2D eigenvalue weighted by atomic mass is 16.5. The Hall–Kier alpha value is -1.10. The SMILES string of the molecule is CCOC(=O)C(C(=O)N1CCCC(OC)C1)C(C)(C)C. The Morgan fingerprint density at radius 2 is 2.00 bits per heavy atom. The minimum absolute atomic E-state index is 0.0653. The molecule has 1 amide bonds. The van der Waals surface area contributed by atoms with Crippen molar-refractivity contribution < 1.29 is 19.1 Å². The maximum atomic E-state index is 12.7. The van der Waals surface area contributed by atoms with Gasteiger partial charge < -0.3 is 14.4 Å². The van der Waals surface area contributed by atoms with Crippen LogP contribution in [0.1, 0.15) is 40.5 Å². The number of piperidine rings is 1. The largest absolute Gasteiger partial charge is 0.465 e. The molecule has 0 radical (unpaired) electrons. The van der Waals surface area contributed by atoms with Gasteiger partial charge in [0.2, 0.25) is 5.91 Å². The second-order valence-electron chi connectivity index (χ2n) is 6.34. The first-order chi connectivity index (χ1) is 9.31. The Morgan fingerprint density at radius 3 is 2.50 bits per heavy atom. The molecule has 0 aliphatic carbocycles. The summed E-state index contributed by atoms with van der Waals surface area (Å²) >= 11 is 0. The summed E-state index contributed by atoms with van der Waals surface area (Å²) in [5.74, 6) is -1.32. The molecule has 1 heterocycles. The number of esters is 1. The standard InChI is InChI=1S/C15H27NO4/c1-6-20-14(18)12(15(2,3)4)13(17)16-9-7-8-11(10-16)19-5/h11-12H,6-10H2,1-5H3. The number of methoxy groups -OCH3 is 1. The summed E-state index contributed by atoms with van der Waals surface area (Å²) in [6.45, 7) is 8.97. The van der Waals surface area contributed by atoms with Crippen molar-refractivity contribution in [2.75, 3.05) is 26.8 Å². The van der Waals surface area contributed by atoms with E-state index in [1.165, 1.54) is 0 Å². The van der Waals surface area contributed by atoms with Crippen LogP contribution in [-0.4, -0.2) is 49.7 Å². The second kappa shape index (κ2) is 7.07. The summed E-state index contributed by atoms with van der Waals surface area (Å²) < 4.78 is 10.4. The van der Waals surface area contributed by atoms with E-state index in [2.05, 4.69) is 0 Å². The van der Waals surface area contributed by atoms with Gasteiger partial charge in [-0.3, -0.25) is 9.59 Å². The third-order valence-electron chi connectivity index (χ3n) is 3.66. The van der Waals surface area contributed by atoms with Gasteiger partial charge in [-0.25, -0.2) is 0 Å². The minimum Gasteiger partial charge on any atom is -0.465 e. The van der Waals surface area contributed by atoms with Crippen LogP contribution in [0, 0.1) is 11.3 Å². The van der Waals surface area contributed by atoms with Crippen LogP contribution in [0.25, 0.3) is 0 Å². The van der Waals surface area contributed by atoms with Gasteiger partial charge in [0, 0.05) is 20.2 Å². The smallest absolute Gasteiger partial charge is 0.319 e. The molecular weight excluding hydrogens is 258 g/mol. The van der Waals surface area contributed by atoms with Crippen molar-refractivity contribution >= 4 is 11.9 Å². The molecule has 1 aliphatic rings. The Morgan fingerprint density at radius 1 is 1.35 bits per heavy atom. The quantitative estimate of drug-likeness (QED) is 0.584. The van der Waals surface area contributed by atoms with Crippen LogP contribution in [0.5, 0.6) is 0 Å². The first kappa shape index (κ1) is 17.0. The number of hydrogen-bond donors (Lipinski definition) is 0. The molecule has 2 atom stereocenters. The highest BCUT2D eigenvalue weighted by molar-refractivity contribution is 5.98. The van der Waals surface area contributed by atoms with Crippen LogP contribution in [-0.2, 0) is 19.1 Å². The predicted octanol–water partition coefficient (Wildman–Crippen LogP) is 1.85. The summed E-state index contributed by atoms with van der Waals surface area (Å²) in [6.07, 6.45) is 1.93. The van der Waals surface area contributed by atoms with E-state index < -0.39 is 17.3 Å². The molecule has 0 aromatic heterocycles. The van der Waals surface area contributed by atoms with Gasteiger partial charge in [0.15, 0.2) is 0 Å². The predicted molar refractivity (Wildman–Crippen MR) is 76.2 cm³/mol. The van der Waals surface area contributed by atoms with Gasteiger partial charge in [0.1, 0.15) is 5.92 Å². The molecule has 0 aromatic carbocycles. The second-order valence-corrected chi connectivity index (χ2v) is 6.34. The zero-order chi connectivity index (χ0) is 15.3. The van der Waals surface area contributed by atoms with E-state index in [9.17, 15) is 9.59 Å². The topological polar surface area (TPSA) is 55.8 Å². The van der Waals surface area contributed by atoms with Crippen LogP contribution < -0.4 is 0 Å². The van der Waals surface area contributed by atoms with Crippen LogP contribution in [0.3, 0.4) is 0 Å². The number of rotatable bonds is 4. The lowest BCUT2D eigenvalue weighted by molar-refractivity contribution is -0.162. The molecule has 5 heteroatoms. The lowest BCUT2D eigenvalue weighted by Crippen LogP contribution is -2.50. The van der Waals surface area contributed by atoms with E-state index in [1.807, 2.05) is 20.8 Å². The monoisotopic (exact) mass is 285 g/mol. The van der Waals surface area contributed by atoms with Crippen molar-refractivity contribution in [3.8, 4) is 0 Å². The minimum atomic E-state index is -0.752. The molecule has 1 aliphatic heterocycles. The maximum absolute atomic E-state index is 12.7. The number of ether oxygens (including phenoxy) is 2. The van der Waals surface area contributed by atoms with Crippen molar-refractivity contribution in [1.29, 1.82) is 0 Å². The average molecular weight is 285 g/mol. The summed E-state index contributed by atoms with van der Waals surface area (Å²) in [7, 11) is 1.66. The van der Waals surface area contributed by atoms with Crippen molar-refractivity contribution in [1.82, 2.24) is 4.90 Å². The van der Waals surface area contributed by atoms with Crippen molar-refractivity contribution in [3.05, 3.63) is 0 Å². The third-order valence-corrected chi connectivity index (χ3v) is 3.66. The summed E-state index contributed by atoms with van der Waals surface area (Å²) in [4.78, 5) is 26.6. The normalized spacial score (nSPS) is 21.4. The third kappa shape index (κ3) is 4.20. The van der Waals surface area contributed by atoms with Crippen LogP contribution in [0.4, 0.5) is 0 Å². The summed E-state index contributed by atoms with van der Waals surface area (Å²) in [5.41, 5.74) is -0.455. The molecule has 1 rings (SSSR count). The van der Waals surface area contributed by atoms with E-state index in [0.29, 0.717) is 19.7 Å². The molecule has 0 spiro atoms. The van der Waals surface area contributed by atoms with Crippen molar-refractivity contribution in [2.24, 2.45) is 11.3 Å². The zero-order valence-corrected chi connectivity index (χ0v) is 13.3. The summed E-state index contributed by atoms with van der Waals surface area (Å²) in [5, 5.41) is 0. The average Bonchev–Trinajstić information content (AvgIpc) is 2.37. The highest BCUT2D eigenvalue weighted by Gasteiger charge is 2.42.